The summed E-state index contributed by atoms with van der Waals surface area (Å²) in [7, 11) is 1.29. The van der Waals surface area contributed by atoms with Crippen LogP contribution < -0.4 is 5.11 Å². The zero-order chi connectivity index (χ0) is 20.3. The normalized spacial score (nSPS) is 16.3. The summed E-state index contributed by atoms with van der Waals surface area (Å²) in [5.41, 5.74) is 1.45. The predicted molar refractivity (Wildman–Crippen MR) is 107 cm³/mol. The molecule has 0 aliphatic carbocycles. The molecule has 6 nitrogen and oxygen atoms in total. The number of carbonyl (C=O) groups is 3. The average Bonchev–Trinajstić information content (AvgIpc) is 2.96. The van der Waals surface area contributed by atoms with Crippen molar-refractivity contribution in [2.75, 3.05) is 7.11 Å². The van der Waals surface area contributed by atoms with Crippen LogP contribution >= 0.6 is 24.0 Å². The molecule has 1 atom stereocenters. The van der Waals surface area contributed by atoms with E-state index in [2.05, 4.69) is 4.74 Å². The summed E-state index contributed by atoms with van der Waals surface area (Å²) in [5, 5.41) is 11.7. The van der Waals surface area contributed by atoms with E-state index in [-0.39, 0.29) is 9.23 Å². The average molecular weight is 412 g/mol. The third-order valence-corrected chi connectivity index (χ3v) is 5.38. The Bertz CT molecular complexity index is 970. The van der Waals surface area contributed by atoms with Gasteiger partial charge in [-0.1, -0.05) is 66.4 Å². The van der Waals surface area contributed by atoms with Gasteiger partial charge in [0.2, 0.25) is 0 Å². The maximum Gasteiger partial charge on any atom is 0.337 e. The van der Waals surface area contributed by atoms with Crippen molar-refractivity contribution in [3.63, 3.8) is 0 Å². The van der Waals surface area contributed by atoms with Crippen LogP contribution in [0.25, 0.3) is 6.08 Å². The summed E-state index contributed by atoms with van der Waals surface area (Å²) in [4.78, 5) is 37.4. The minimum Gasteiger partial charge on any atom is -0.547 e. The van der Waals surface area contributed by atoms with Crippen LogP contribution in [-0.4, -0.2) is 34.2 Å². The summed E-state index contributed by atoms with van der Waals surface area (Å²) in [6, 6.07) is 13.5. The Kier molecular flexibility index (Phi) is 5.91. The lowest BCUT2D eigenvalue weighted by Gasteiger charge is -2.27. The van der Waals surface area contributed by atoms with Crippen LogP contribution in [0, 0.1) is 0 Å². The molecule has 1 saturated heterocycles. The Morgan fingerprint density at radius 1 is 1.14 bits per heavy atom. The number of benzene rings is 2. The van der Waals surface area contributed by atoms with Gasteiger partial charge < -0.3 is 14.6 Å². The van der Waals surface area contributed by atoms with Crippen LogP contribution in [0.2, 0.25) is 0 Å². The highest BCUT2D eigenvalue weighted by atomic mass is 32.2. The Morgan fingerprint density at radius 3 is 2.36 bits per heavy atom. The Balaban J connectivity index is 1.89. The molecule has 0 unspecified atom stereocenters. The third-order valence-electron chi connectivity index (χ3n) is 4.05. The number of esters is 1. The van der Waals surface area contributed by atoms with E-state index in [4.69, 9.17) is 12.2 Å². The van der Waals surface area contributed by atoms with Crippen LogP contribution in [0.4, 0.5) is 0 Å². The van der Waals surface area contributed by atoms with Crippen molar-refractivity contribution in [3.05, 3.63) is 76.2 Å². The van der Waals surface area contributed by atoms with Crippen molar-refractivity contribution >= 4 is 52.2 Å². The number of rotatable bonds is 5. The Morgan fingerprint density at radius 2 is 1.79 bits per heavy atom. The first-order chi connectivity index (χ1) is 13.4. The first-order valence-corrected chi connectivity index (χ1v) is 9.36. The molecule has 0 bridgehead atoms. The van der Waals surface area contributed by atoms with Crippen molar-refractivity contribution in [1.29, 1.82) is 0 Å². The summed E-state index contributed by atoms with van der Waals surface area (Å²) < 4.78 is 4.79. The second-order valence-electron chi connectivity index (χ2n) is 5.80. The Labute approximate surface area is 170 Å². The topological polar surface area (TPSA) is 86.7 Å². The highest BCUT2D eigenvalue weighted by Crippen LogP contribution is 2.38. The molecule has 28 heavy (non-hydrogen) atoms. The number of hydrogen-bond acceptors (Lipinski definition) is 7. The smallest absolute Gasteiger partial charge is 0.337 e. The van der Waals surface area contributed by atoms with Crippen molar-refractivity contribution in [1.82, 2.24) is 4.90 Å². The molecule has 1 aliphatic rings. The fraction of sp³-hybridized carbons (Fsp3) is 0.100. The third kappa shape index (κ3) is 3.97. The van der Waals surface area contributed by atoms with Crippen LogP contribution in [0.3, 0.4) is 0 Å². The fourth-order valence-electron chi connectivity index (χ4n) is 2.71. The molecular formula is C20H14NO5S2-. The maximum atomic E-state index is 12.8. The lowest BCUT2D eigenvalue weighted by molar-refractivity contribution is -0.310. The summed E-state index contributed by atoms with van der Waals surface area (Å²) in [6.45, 7) is 0. The van der Waals surface area contributed by atoms with E-state index in [0.29, 0.717) is 16.7 Å². The summed E-state index contributed by atoms with van der Waals surface area (Å²) in [5.74, 6) is -2.38. The van der Waals surface area contributed by atoms with E-state index >= 15 is 0 Å². The summed E-state index contributed by atoms with van der Waals surface area (Å²) in [6.07, 6.45) is 1.59. The van der Waals surface area contributed by atoms with Gasteiger partial charge in [-0.05, 0) is 29.3 Å². The molecule has 1 amide bonds. The van der Waals surface area contributed by atoms with Gasteiger partial charge in [0.05, 0.1) is 23.5 Å². The van der Waals surface area contributed by atoms with E-state index in [1.54, 1.807) is 60.7 Å². The zero-order valence-electron chi connectivity index (χ0n) is 14.7. The van der Waals surface area contributed by atoms with Gasteiger partial charge in [-0.2, -0.15) is 0 Å². The number of amides is 1. The number of aliphatic carboxylic acids is 1. The molecule has 1 fully saturated rings. The molecule has 8 heteroatoms. The molecule has 0 aromatic heterocycles. The van der Waals surface area contributed by atoms with Gasteiger partial charge >= 0.3 is 5.97 Å². The molecule has 1 aliphatic heterocycles. The number of ether oxygens (including phenoxy) is 1. The number of carboxylic acids is 1. The summed E-state index contributed by atoms with van der Waals surface area (Å²) >= 11 is 6.27. The SMILES string of the molecule is COC(=O)c1ccc(/C=C2\SC(=S)N([C@@H](C(=O)[O-])c3ccccc3)C2=O)cc1. The van der Waals surface area contributed by atoms with Crippen molar-refractivity contribution in [3.8, 4) is 0 Å². The number of thiocarbonyl (C=S) groups is 1. The van der Waals surface area contributed by atoms with Gasteiger partial charge in [-0.3, -0.25) is 9.69 Å². The lowest BCUT2D eigenvalue weighted by Crippen LogP contribution is -2.43. The number of thioether (sulfide) groups is 1. The standard InChI is InChI=1S/C20H15NO5S2/c1-26-19(25)14-9-7-12(8-10-14)11-15-17(22)21(20(27)28-15)16(18(23)24)13-5-3-2-4-6-13/h2-11,16H,1H3,(H,23,24)/p-1/b15-11-/t16-/m1/s1. The van der Waals surface area contributed by atoms with Gasteiger partial charge in [-0.15, -0.1) is 0 Å². The van der Waals surface area contributed by atoms with Crippen molar-refractivity contribution < 1.29 is 24.2 Å². The fourth-order valence-corrected chi connectivity index (χ4v) is 4.03. The van der Waals surface area contributed by atoms with E-state index in [1.165, 1.54) is 7.11 Å². The first-order valence-electron chi connectivity index (χ1n) is 8.13. The first kappa shape index (κ1) is 19.8. The van der Waals surface area contributed by atoms with Gasteiger partial charge in [0.25, 0.3) is 5.91 Å². The molecule has 0 N–H and O–H groups in total. The van der Waals surface area contributed by atoms with Crippen LogP contribution in [0.5, 0.6) is 0 Å². The minimum atomic E-state index is -1.41. The number of carbonyl (C=O) groups excluding carboxylic acids is 3. The molecule has 3 rings (SSSR count). The van der Waals surface area contributed by atoms with Crippen molar-refractivity contribution in [2.24, 2.45) is 0 Å². The Hall–Kier alpha value is -2.97. The van der Waals surface area contributed by atoms with E-state index in [1.807, 2.05) is 0 Å². The molecule has 2 aromatic rings. The van der Waals surface area contributed by atoms with E-state index < -0.39 is 23.9 Å². The van der Waals surface area contributed by atoms with Crippen LogP contribution in [0.15, 0.2) is 59.5 Å². The van der Waals surface area contributed by atoms with E-state index in [9.17, 15) is 19.5 Å². The monoisotopic (exact) mass is 412 g/mol. The minimum absolute atomic E-state index is 0.139. The number of hydrogen-bond donors (Lipinski definition) is 0. The highest BCUT2D eigenvalue weighted by Gasteiger charge is 2.38. The van der Waals surface area contributed by atoms with Crippen LogP contribution in [0.1, 0.15) is 27.5 Å². The molecule has 0 spiro atoms. The number of carboxylic acid groups (broad SMARTS) is 1. The van der Waals surface area contributed by atoms with Gasteiger partial charge in [0.1, 0.15) is 10.4 Å². The molecule has 2 aromatic carbocycles. The maximum absolute atomic E-state index is 12.8. The molecule has 0 radical (unpaired) electrons. The molecule has 1 heterocycles. The number of nitrogens with zero attached hydrogens (tertiary/aromatic N) is 1. The van der Waals surface area contributed by atoms with Crippen LogP contribution in [-0.2, 0) is 14.3 Å². The lowest BCUT2D eigenvalue weighted by atomic mass is 10.1. The van der Waals surface area contributed by atoms with Gasteiger partial charge in [-0.25, -0.2) is 4.79 Å². The molecule has 142 valence electrons. The van der Waals surface area contributed by atoms with Gasteiger partial charge in [0.15, 0.2) is 0 Å². The van der Waals surface area contributed by atoms with Crippen molar-refractivity contribution in [2.45, 2.75) is 6.04 Å². The predicted octanol–water partition coefficient (Wildman–Crippen LogP) is 2.17. The van der Waals surface area contributed by atoms with E-state index in [0.717, 1.165) is 16.7 Å². The molecular weight excluding hydrogens is 398 g/mol. The largest absolute Gasteiger partial charge is 0.547 e. The van der Waals surface area contributed by atoms with Gasteiger partial charge in [0, 0.05) is 0 Å². The second-order valence-corrected chi connectivity index (χ2v) is 7.47. The number of methoxy groups -OCH3 is 1. The quantitative estimate of drug-likeness (QED) is 0.423. The molecule has 0 saturated carbocycles. The zero-order valence-corrected chi connectivity index (χ0v) is 16.3. The second kappa shape index (κ2) is 8.37. The highest BCUT2D eigenvalue weighted by molar-refractivity contribution is 8.26.